The van der Waals surface area contributed by atoms with Crippen LogP contribution in [0.4, 0.5) is 5.95 Å². The quantitative estimate of drug-likeness (QED) is 0.343. The molecule has 12 heteroatoms. The van der Waals surface area contributed by atoms with Crippen LogP contribution in [0.2, 0.25) is 0 Å². The molecule has 0 radical (unpaired) electrons. The summed E-state index contributed by atoms with van der Waals surface area (Å²) in [5.74, 6) is -0.944. The number of methoxy groups -OCH3 is 1. The molecule has 1 aliphatic heterocycles. The number of para-hydroxylation sites is 1. The van der Waals surface area contributed by atoms with Gasteiger partial charge in [-0.2, -0.15) is 4.98 Å². The number of ketones is 1. The molecule has 4 rings (SSSR count). The first-order chi connectivity index (χ1) is 16.2. The molecule has 0 bridgehead atoms. The van der Waals surface area contributed by atoms with Crippen molar-refractivity contribution in [3.8, 4) is 5.75 Å². The smallest absolute Gasteiger partial charge is 0.280 e. The molecule has 3 heterocycles. The van der Waals surface area contributed by atoms with Gasteiger partial charge in [-0.15, -0.1) is 0 Å². The van der Waals surface area contributed by atoms with E-state index in [9.17, 15) is 19.8 Å². The van der Waals surface area contributed by atoms with E-state index in [1.807, 2.05) is 0 Å². The Kier molecular flexibility index (Phi) is 6.16. The lowest BCUT2D eigenvalue weighted by Crippen LogP contribution is -2.66. The number of nitrogens with zero attached hydrogens (tertiary/aromatic N) is 3. The predicted molar refractivity (Wildman–Crippen MR) is 120 cm³/mol. The minimum Gasteiger partial charge on any atom is -0.486 e. The van der Waals surface area contributed by atoms with E-state index in [0.717, 1.165) is 0 Å². The molecular weight excluding hydrogens is 446 g/mol. The van der Waals surface area contributed by atoms with Crippen molar-refractivity contribution >= 4 is 22.9 Å². The number of H-pyrrole nitrogens is 1. The van der Waals surface area contributed by atoms with Crippen LogP contribution in [-0.2, 0) is 20.0 Å². The van der Waals surface area contributed by atoms with E-state index in [-0.39, 0.29) is 17.1 Å². The summed E-state index contributed by atoms with van der Waals surface area (Å²) in [7, 11) is 1.33. The molecular formula is C22H27N5O7. The first kappa shape index (κ1) is 23.8. The Bertz CT molecular complexity index is 1240. The Hall–Kier alpha value is -3.32. The SMILES string of the molecule is CO[C@]1(C(C)C)[C@H](O)[C@@H](CO)O[C@@]1(C(=O)COc1ccccc1)n1cnc2c(=O)[nH]c(N)nc21. The fourth-order valence-electron chi connectivity index (χ4n) is 4.80. The zero-order chi connectivity index (χ0) is 24.7. The van der Waals surface area contributed by atoms with Gasteiger partial charge in [0, 0.05) is 7.11 Å². The molecule has 34 heavy (non-hydrogen) atoms. The Morgan fingerprint density at radius 2 is 2.06 bits per heavy atom. The molecule has 0 aliphatic carbocycles. The van der Waals surface area contributed by atoms with Crippen LogP contribution in [0.15, 0.2) is 41.5 Å². The van der Waals surface area contributed by atoms with E-state index in [1.165, 1.54) is 18.0 Å². The van der Waals surface area contributed by atoms with E-state index in [1.54, 1.807) is 44.2 Å². The van der Waals surface area contributed by atoms with Gasteiger partial charge in [0.05, 0.1) is 6.61 Å². The molecule has 3 aromatic rings. The topological polar surface area (TPSA) is 175 Å². The highest BCUT2D eigenvalue weighted by atomic mass is 16.6. The van der Waals surface area contributed by atoms with E-state index < -0.39 is 54.0 Å². The number of benzene rings is 1. The monoisotopic (exact) mass is 473 g/mol. The molecule has 1 saturated heterocycles. The first-order valence-corrected chi connectivity index (χ1v) is 10.7. The molecule has 2 aromatic heterocycles. The van der Waals surface area contributed by atoms with Crippen LogP contribution in [0.1, 0.15) is 13.8 Å². The molecule has 1 fully saturated rings. The third-order valence-electron chi connectivity index (χ3n) is 6.27. The summed E-state index contributed by atoms with van der Waals surface area (Å²) < 4.78 is 18.9. The number of aromatic nitrogens is 4. The maximum atomic E-state index is 14.0. The van der Waals surface area contributed by atoms with E-state index in [0.29, 0.717) is 5.75 Å². The van der Waals surface area contributed by atoms with Crippen LogP contribution >= 0.6 is 0 Å². The number of hydrogen-bond acceptors (Lipinski definition) is 10. The second-order valence-electron chi connectivity index (χ2n) is 8.34. The summed E-state index contributed by atoms with van der Waals surface area (Å²) >= 11 is 0. The van der Waals surface area contributed by atoms with Crippen LogP contribution in [0, 0.1) is 5.92 Å². The molecule has 12 nitrogen and oxygen atoms in total. The summed E-state index contributed by atoms with van der Waals surface area (Å²) in [5.41, 5.74) is 1.17. The zero-order valence-corrected chi connectivity index (χ0v) is 19.0. The number of anilines is 1. The van der Waals surface area contributed by atoms with Crippen molar-refractivity contribution in [1.29, 1.82) is 0 Å². The number of nitrogens with one attached hydrogen (secondary N) is 1. The Morgan fingerprint density at radius 1 is 1.35 bits per heavy atom. The number of aliphatic hydroxyl groups excluding tert-OH is 2. The van der Waals surface area contributed by atoms with Gasteiger partial charge in [-0.25, -0.2) is 4.98 Å². The van der Waals surface area contributed by atoms with Gasteiger partial charge in [-0.3, -0.25) is 19.1 Å². The third kappa shape index (κ3) is 3.29. The van der Waals surface area contributed by atoms with Crippen LogP contribution < -0.4 is 16.0 Å². The van der Waals surface area contributed by atoms with Crippen LogP contribution in [-0.4, -0.2) is 73.6 Å². The van der Waals surface area contributed by atoms with Gasteiger partial charge >= 0.3 is 0 Å². The number of nitrogen functional groups attached to an aromatic ring is 1. The number of carbonyl (C=O) groups is 1. The van der Waals surface area contributed by atoms with Gasteiger partial charge in [0.15, 0.2) is 23.4 Å². The molecule has 4 atom stereocenters. The highest BCUT2D eigenvalue weighted by Crippen LogP contribution is 2.51. The van der Waals surface area contributed by atoms with Crippen molar-refractivity contribution in [3.63, 3.8) is 0 Å². The van der Waals surface area contributed by atoms with E-state index >= 15 is 0 Å². The van der Waals surface area contributed by atoms with Gasteiger partial charge in [0.1, 0.15) is 24.3 Å². The van der Waals surface area contributed by atoms with Crippen LogP contribution in [0.3, 0.4) is 0 Å². The van der Waals surface area contributed by atoms with Crippen molar-refractivity contribution in [2.45, 2.75) is 37.4 Å². The summed E-state index contributed by atoms with van der Waals surface area (Å²) in [6.07, 6.45) is -1.42. The molecule has 0 saturated carbocycles. The maximum absolute atomic E-state index is 14.0. The van der Waals surface area contributed by atoms with Crippen LogP contribution in [0.25, 0.3) is 11.2 Å². The van der Waals surface area contributed by atoms with Gasteiger partial charge < -0.3 is 30.2 Å². The summed E-state index contributed by atoms with van der Waals surface area (Å²) in [6.45, 7) is 2.40. The third-order valence-corrected chi connectivity index (χ3v) is 6.27. The molecule has 1 aliphatic rings. The number of rotatable bonds is 8. The second kappa shape index (κ2) is 8.80. The molecule has 1 aromatic carbocycles. The van der Waals surface area contributed by atoms with Gasteiger partial charge in [-0.05, 0) is 18.1 Å². The summed E-state index contributed by atoms with van der Waals surface area (Å²) in [6, 6.07) is 8.67. The van der Waals surface area contributed by atoms with Crippen molar-refractivity contribution in [3.05, 3.63) is 47.0 Å². The van der Waals surface area contributed by atoms with E-state index in [4.69, 9.17) is 19.9 Å². The number of nitrogens with two attached hydrogens (primary N) is 1. The number of carbonyl (C=O) groups excluding carboxylic acids is 1. The minimum atomic E-state index is -2.11. The van der Waals surface area contributed by atoms with Crippen LogP contribution in [0.5, 0.6) is 5.75 Å². The highest BCUT2D eigenvalue weighted by Gasteiger charge is 2.72. The lowest BCUT2D eigenvalue weighted by molar-refractivity contribution is -0.222. The predicted octanol–water partition coefficient (Wildman–Crippen LogP) is -0.204. The molecule has 0 unspecified atom stereocenters. The highest BCUT2D eigenvalue weighted by molar-refractivity contribution is 5.90. The standard InChI is InChI=1S/C22H27N5O7/c1-12(2)21(32-3)17(30)14(9-28)34-22(21,15(29)10-33-13-7-5-4-6-8-13)27-11-24-16-18(27)25-20(23)26-19(16)31/h4-8,11-12,14,17,28,30H,9-10H2,1-3H3,(H3,23,25,26,31)/t14-,17-,21-,22-/m1/s1. The van der Waals surface area contributed by atoms with Crippen molar-refractivity contribution < 1.29 is 29.2 Å². The zero-order valence-electron chi connectivity index (χ0n) is 19.0. The van der Waals surface area contributed by atoms with Gasteiger partial charge in [0.25, 0.3) is 5.56 Å². The number of fused-ring (bicyclic) bond motifs is 1. The van der Waals surface area contributed by atoms with Crippen molar-refractivity contribution in [2.24, 2.45) is 5.92 Å². The average molecular weight is 473 g/mol. The number of ether oxygens (including phenoxy) is 3. The molecule has 182 valence electrons. The Balaban J connectivity index is 1.97. The Labute approximate surface area is 194 Å². The van der Waals surface area contributed by atoms with Crippen molar-refractivity contribution in [2.75, 3.05) is 26.1 Å². The summed E-state index contributed by atoms with van der Waals surface area (Å²) in [4.78, 5) is 37.1. The number of aliphatic hydroxyl groups is 2. The largest absolute Gasteiger partial charge is 0.486 e. The van der Waals surface area contributed by atoms with E-state index in [2.05, 4.69) is 15.0 Å². The number of imidazole rings is 1. The normalized spacial score (nSPS) is 26.9. The number of hydrogen-bond donors (Lipinski definition) is 4. The van der Waals surface area contributed by atoms with Gasteiger partial charge in [0.2, 0.25) is 17.5 Å². The molecule has 0 amide bonds. The lowest BCUT2D eigenvalue weighted by atomic mass is 9.74. The fourth-order valence-corrected chi connectivity index (χ4v) is 4.80. The first-order valence-electron chi connectivity index (χ1n) is 10.7. The number of Topliss-reactive ketones (excluding diaryl/α,β-unsaturated/α-hetero) is 1. The maximum Gasteiger partial charge on any atom is 0.280 e. The fraction of sp³-hybridized carbons (Fsp3) is 0.455. The average Bonchev–Trinajstić information content (AvgIpc) is 3.35. The van der Waals surface area contributed by atoms with Gasteiger partial charge in [-0.1, -0.05) is 32.0 Å². The lowest BCUT2D eigenvalue weighted by Gasteiger charge is -2.46. The minimum absolute atomic E-state index is 0.0535. The molecule has 0 spiro atoms. The Morgan fingerprint density at radius 3 is 2.68 bits per heavy atom. The van der Waals surface area contributed by atoms with Crippen molar-refractivity contribution in [1.82, 2.24) is 19.5 Å². The summed E-state index contributed by atoms with van der Waals surface area (Å²) in [5, 5.41) is 21.2. The second-order valence-corrected chi connectivity index (χ2v) is 8.34. The number of aromatic amines is 1. The molecule has 5 N–H and O–H groups in total.